The van der Waals surface area contributed by atoms with E-state index in [1.807, 2.05) is 30.3 Å². The quantitative estimate of drug-likeness (QED) is 0.887. The molecule has 5 nitrogen and oxygen atoms in total. The fourth-order valence-electron chi connectivity index (χ4n) is 1.74. The van der Waals surface area contributed by atoms with Crippen LogP contribution in [-0.4, -0.2) is 16.1 Å². The molecule has 0 saturated carbocycles. The van der Waals surface area contributed by atoms with Crippen molar-refractivity contribution in [3.05, 3.63) is 53.2 Å². The number of aromatic nitrogens is 2. The van der Waals surface area contributed by atoms with E-state index in [4.69, 9.17) is 17.3 Å². The summed E-state index contributed by atoms with van der Waals surface area (Å²) in [6.07, 6.45) is 0.886. The molecule has 1 aromatic heterocycles. The van der Waals surface area contributed by atoms with Gasteiger partial charge in [0.05, 0.1) is 0 Å². The monoisotopic (exact) mass is 290 g/mol. The Bertz CT molecular complexity index is 559. The summed E-state index contributed by atoms with van der Waals surface area (Å²) >= 11 is 5.62. The van der Waals surface area contributed by atoms with Crippen LogP contribution in [0.5, 0.6) is 0 Å². The average Bonchev–Trinajstić information content (AvgIpc) is 2.48. The molecule has 2 aromatic rings. The van der Waals surface area contributed by atoms with E-state index in [9.17, 15) is 4.79 Å². The molecule has 1 aromatic carbocycles. The smallest absolute Gasteiger partial charge is 0.225 e. The fourth-order valence-corrected chi connectivity index (χ4v) is 1.84. The van der Waals surface area contributed by atoms with Gasteiger partial charge in [-0.25, -0.2) is 0 Å². The van der Waals surface area contributed by atoms with Gasteiger partial charge < -0.3 is 11.1 Å². The third-order valence-electron chi connectivity index (χ3n) is 2.81. The zero-order chi connectivity index (χ0) is 14.4. The van der Waals surface area contributed by atoms with Crippen LogP contribution in [0.2, 0.25) is 5.15 Å². The molecule has 1 amide bonds. The summed E-state index contributed by atoms with van der Waals surface area (Å²) in [7, 11) is 0. The summed E-state index contributed by atoms with van der Waals surface area (Å²) in [6.45, 7) is 0. The summed E-state index contributed by atoms with van der Waals surface area (Å²) < 4.78 is 0. The minimum absolute atomic E-state index is 0.145. The number of rotatable bonds is 5. The highest BCUT2D eigenvalue weighted by Crippen LogP contribution is 2.15. The average molecular weight is 291 g/mol. The number of nitrogens with two attached hydrogens (primary N) is 1. The number of carbonyl (C=O) groups excluding carboxylic acids is 1. The highest BCUT2D eigenvalue weighted by Gasteiger charge is 2.09. The largest absolute Gasteiger partial charge is 0.324 e. The van der Waals surface area contributed by atoms with Gasteiger partial charge in [0, 0.05) is 12.5 Å². The molecule has 0 aliphatic heterocycles. The van der Waals surface area contributed by atoms with Crippen molar-refractivity contribution in [2.45, 2.75) is 18.9 Å². The molecule has 1 heterocycles. The van der Waals surface area contributed by atoms with Gasteiger partial charge in [0.1, 0.15) is 0 Å². The SMILES string of the molecule is NC(CCC(=O)Nc1ccc(Cl)nn1)c1ccccc1. The Balaban J connectivity index is 1.82. The zero-order valence-corrected chi connectivity index (χ0v) is 11.5. The van der Waals surface area contributed by atoms with Crippen molar-refractivity contribution in [1.29, 1.82) is 0 Å². The molecular weight excluding hydrogens is 276 g/mol. The van der Waals surface area contributed by atoms with E-state index >= 15 is 0 Å². The third-order valence-corrected chi connectivity index (χ3v) is 3.01. The summed E-state index contributed by atoms with van der Waals surface area (Å²) in [4.78, 5) is 11.8. The molecule has 2 rings (SSSR count). The van der Waals surface area contributed by atoms with Gasteiger partial charge in [-0.05, 0) is 24.1 Å². The lowest BCUT2D eigenvalue weighted by atomic mass is 10.0. The first kappa shape index (κ1) is 14.4. The Labute approximate surface area is 122 Å². The molecule has 0 saturated heterocycles. The Morgan fingerprint density at radius 3 is 2.60 bits per heavy atom. The second-order valence-electron chi connectivity index (χ2n) is 4.35. The van der Waals surface area contributed by atoms with E-state index < -0.39 is 0 Å². The topological polar surface area (TPSA) is 80.9 Å². The number of nitrogens with one attached hydrogen (secondary N) is 1. The van der Waals surface area contributed by atoms with Gasteiger partial charge in [-0.1, -0.05) is 41.9 Å². The molecule has 3 N–H and O–H groups in total. The fraction of sp³-hybridized carbons (Fsp3) is 0.214. The van der Waals surface area contributed by atoms with E-state index in [0.717, 1.165) is 5.56 Å². The van der Waals surface area contributed by atoms with E-state index in [0.29, 0.717) is 18.7 Å². The lowest BCUT2D eigenvalue weighted by Crippen LogP contribution is -2.17. The molecule has 0 radical (unpaired) electrons. The van der Waals surface area contributed by atoms with Crippen molar-refractivity contribution in [3.8, 4) is 0 Å². The van der Waals surface area contributed by atoms with Crippen molar-refractivity contribution in [2.24, 2.45) is 5.73 Å². The van der Waals surface area contributed by atoms with Gasteiger partial charge in [-0.2, -0.15) is 0 Å². The number of carbonyl (C=O) groups is 1. The summed E-state index contributed by atoms with van der Waals surface area (Å²) in [5.74, 6) is 0.237. The van der Waals surface area contributed by atoms with Crippen LogP contribution in [0.25, 0.3) is 0 Å². The van der Waals surface area contributed by atoms with Crippen molar-refractivity contribution in [1.82, 2.24) is 10.2 Å². The van der Waals surface area contributed by atoms with E-state index in [1.165, 1.54) is 0 Å². The summed E-state index contributed by atoms with van der Waals surface area (Å²) in [5.41, 5.74) is 7.05. The maximum absolute atomic E-state index is 11.8. The highest BCUT2D eigenvalue weighted by atomic mass is 35.5. The predicted octanol–water partition coefficient (Wildman–Crippen LogP) is 2.55. The molecule has 0 spiro atoms. The standard InChI is InChI=1S/C14H15ClN4O/c15-12-7-8-13(19-18-12)17-14(20)9-6-11(16)10-4-2-1-3-5-10/h1-5,7-8,11H,6,9,16H2,(H,17,19,20). The molecule has 0 fully saturated rings. The maximum atomic E-state index is 11.8. The lowest BCUT2D eigenvalue weighted by Gasteiger charge is -2.11. The van der Waals surface area contributed by atoms with Gasteiger partial charge in [0.25, 0.3) is 0 Å². The summed E-state index contributed by atoms with van der Waals surface area (Å²) in [5, 5.41) is 10.3. The lowest BCUT2D eigenvalue weighted by molar-refractivity contribution is -0.116. The first-order valence-electron chi connectivity index (χ1n) is 6.25. The number of halogens is 1. The van der Waals surface area contributed by atoms with Crippen LogP contribution in [0.3, 0.4) is 0 Å². The van der Waals surface area contributed by atoms with Crippen LogP contribution in [0.4, 0.5) is 5.82 Å². The van der Waals surface area contributed by atoms with Gasteiger partial charge in [0.15, 0.2) is 11.0 Å². The van der Waals surface area contributed by atoms with Gasteiger partial charge in [-0.15, -0.1) is 10.2 Å². The molecule has 20 heavy (non-hydrogen) atoms. The Kier molecular flexibility index (Phi) is 5.03. The number of hydrogen-bond donors (Lipinski definition) is 2. The second kappa shape index (κ2) is 6.98. The molecule has 1 atom stereocenters. The van der Waals surface area contributed by atoms with E-state index in [2.05, 4.69) is 15.5 Å². The van der Waals surface area contributed by atoms with Gasteiger partial charge >= 0.3 is 0 Å². The van der Waals surface area contributed by atoms with Crippen molar-refractivity contribution in [2.75, 3.05) is 5.32 Å². The van der Waals surface area contributed by atoms with Crippen LogP contribution < -0.4 is 11.1 Å². The number of hydrogen-bond acceptors (Lipinski definition) is 4. The molecule has 104 valence electrons. The van der Waals surface area contributed by atoms with Crippen molar-refractivity contribution < 1.29 is 4.79 Å². The highest BCUT2D eigenvalue weighted by molar-refractivity contribution is 6.29. The minimum Gasteiger partial charge on any atom is -0.324 e. The van der Waals surface area contributed by atoms with Gasteiger partial charge in [0.2, 0.25) is 5.91 Å². The van der Waals surface area contributed by atoms with E-state index in [-0.39, 0.29) is 17.1 Å². The number of anilines is 1. The van der Waals surface area contributed by atoms with Crippen molar-refractivity contribution >= 4 is 23.3 Å². The molecule has 6 heteroatoms. The van der Waals surface area contributed by atoms with Crippen LogP contribution >= 0.6 is 11.6 Å². The van der Waals surface area contributed by atoms with Crippen LogP contribution in [-0.2, 0) is 4.79 Å². The van der Waals surface area contributed by atoms with Gasteiger partial charge in [-0.3, -0.25) is 4.79 Å². The number of benzene rings is 1. The van der Waals surface area contributed by atoms with E-state index in [1.54, 1.807) is 12.1 Å². The molecular formula is C14H15ClN4O. The first-order valence-corrected chi connectivity index (χ1v) is 6.62. The van der Waals surface area contributed by atoms with Crippen LogP contribution in [0.1, 0.15) is 24.4 Å². The Morgan fingerprint density at radius 1 is 1.20 bits per heavy atom. The molecule has 0 aliphatic carbocycles. The van der Waals surface area contributed by atoms with Crippen molar-refractivity contribution in [3.63, 3.8) is 0 Å². The Morgan fingerprint density at radius 2 is 1.95 bits per heavy atom. The molecule has 0 bridgehead atoms. The number of nitrogens with zero attached hydrogens (tertiary/aromatic N) is 2. The second-order valence-corrected chi connectivity index (χ2v) is 4.73. The predicted molar refractivity (Wildman–Crippen MR) is 78.3 cm³/mol. The molecule has 1 unspecified atom stereocenters. The van der Waals surface area contributed by atoms with Crippen LogP contribution in [0.15, 0.2) is 42.5 Å². The third kappa shape index (κ3) is 4.29. The molecule has 0 aliphatic rings. The maximum Gasteiger partial charge on any atom is 0.225 e. The summed E-state index contributed by atoms with van der Waals surface area (Å²) in [6, 6.07) is 12.7. The van der Waals surface area contributed by atoms with Crippen LogP contribution in [0, 0.1) is 0 Å². The Hall–Kier alpha value is -1.98. The first-order chi connectivity index (χ1) is 9.65. The number of amides is 1. The normalized spacial score (nSPS) is 11.9. The zero-order valence-electron chi connectivity index (χ0n) is 10.8. The minimum atomic E-state index is -0.154.